The van der Waals surface area contributed by atoms with Gasteiger partial charge in [-0.2, -0.15) is 10.2 Å². The molecule has 1 aliphatic rings. The van der Waals surface area contributed by atoms with Gasteiger partial charge in [-0.3, -0.25) is 14.6 Å². The first kappa shape index (κ1) is 21.4. The quantitative estimate of drug-likeness (QED) is 0.689. The van der Waals surface area contributed by atoms with Crippen LogP contribution in [0.4, 0.5) is 0 Å². The third kappa shape index (κ3) is 4.51. The number of amides is 1. The van der Waals surface area contributed by atoms with Crippen LogP contribution in [0.1, 0.15) is 34.7 Å². The van der Waals surface area contributed by atoms with Crippen molar-refractivity contribution in [3.8, 4) is 11.3 Å². The molecule has 27 heavy (non-hydrogen) atoms. The van der Waals surface area contributed by atoms with Gasteiger partial charge in [0.15, 0.2) is 0 Å². The van der Waals surface area contributed by atoms with Crippen LogP contribution in [-0.4, -0.2) is 59.2 Å². The number of piperidine rings is 1. The standard InChI is InChI=1S/C18H28N6O2.ClH/c1-12-16(13(2)24(3)23-12)14-9-15(22-21-14)17(25)20-10-18(11-26-4)5-7-19-8-6-18;/h9,19H,5-8,10-11H2,1-4H3,(H,20,25)(H,21,22);1H. The zero-order valence-electron chi connectivity index (χ0n) is 16.4. The molecule has 1 aliphatic heterocycles. The van der Waals surface area contributed by atoms with E-state index >= 15 is 0 Å². The van der Waals surface area contributed by atoms with Crippen LogP contribution in [0.25, 0.3) is 11.3 Å². The average Bonchev–Trinajstić information content (AvgIpc) is 3.19. The topological polar surface area (TPSA) is 96.9 Å². The van der Waals surface area contributed by atoms with Crippen molar-refractivity contribution in [2.75, 3.05) is 33.4 Å². The third-order valence-corrected chi connectivity index (χ3v) is 5.33. The summed E-state index contributed by atoms with van der Waals surface area (Å²) in [5.41, 5.74) is 4.09. The van der Waals surface area contributed by atoms with Crippen molar-refractivity contribution in [2.24, 2.45) is 12.5 Å². The first-order valence-electron chi connectivity index (χ1n) is 8.99. The van der Waals surface area contributed by atoms with E-state index < -0.39 is 0 Å². The Bertz CT molecular complexity index is 773. The number of nitrogens with zero attached hydrogens (tertiary/aromatic N) is 3. The molecule has 1 fully saturated rings. The number of H-pyrrole nitrogens is 1. The second-order valence-corrected chi connectivity index (χ2v) is 7.20. The van der Waals surface area contributed by atoms with Crippen LogP contribution in [0.3, 0.4) is 0 Å². The molecule has 0 spiro atoms. The molecule has 0 atom stereocenters. The highest BCUT2D eigenvalue weighted by Crippen LogP contribution is 2.29. The highest BCUT2D eigenvalue weighted by atomic mass is 35.5. The smallest absolute Gasteiger partial charge is 0.269 e. The van der Waals surface area contributed by atoms with Crippen molar-refractivity contribution < 1.29 is 9.53 Å². The Hall–Kier alpha value is -1.90. The number of halogens is 1. The predicted molar refractivity (Wildman–Crippen MR) is 106 cm³/mol. The number of methoxy groups -OCH3 is 1. The maximum absolute atomic E-state index is 12.6. The summed E-state index contributed by atoms with van der Waals surface area (Å²) in [7, 11) is 3.62. The second-order valence-electron chi connectivity index (χ2n) is 7.20. The number of ether oxygens (including phenoxy) is 1. The van der Waals surface area contributed by atoms with Gasteiger partial charge in [0.05, 0.1) is 18.0 Å². The number of aromatic nitrogens is 4. The van der Waals surface area contributed by atoms with Crippen molar-refractivity contribution in [1.82, 2.24) is 30.6 Å². The Kier molecular flexibility index (Phi) is 7.02. The van der Waals surface area contributed by atoms with E-state index in [-0.39, 0.29) is 23.7 Å². The van der Waals surface area contributed by atoms with Crippen LogP contribution in [0.5, 0.6) is 0 Å². The number of rotatable bonds is 6. The van der Waals surface area contributed by atoms with Gasteiger partial charge in [-0.1, -0.05) is 0 Å². The summed E-state index contributed by atoms with van der Waals surface area (Å²) in [5.74, 6) is -0.142. The van der Waals surface area contributed by atoms with E-state index in [0.717, 1.165) is 48.6 Å². The highest BCUT2D eigenvalue weighted by molar-refractivity contribution is 5.93. The van der Waals surface area contributed by atoms with E-state index in [1.807, 2.05) is 25.6 Å². The molecule has 0 unspecified atom stereocenters. The lowest BCUT2D eigenvalue weighted by Crippen LogP contribution is -2.47. The first-order chi connectivity index (χ1) is 12.5. The number of carbonyl (C=O) groups excluding carboxylic acids is 1. The largest absolute Gasteiger partial charge is 0.384 e. The number of carbonyl (C=O) groups is 1. The molecule has 0 saturated carbocycles. The summed E-state index contributed by atoms with van der Waals surface area (Å²) in [6, 6.07) is 1.79. The van der Waals surface area contributed by atoms with Gasteiger partial charge < -0.3 is 15.4 Å². The molecule has 3 N–H and O–H groups in total. The molecule has 3 rings (SSSR count). The number of aromatic amines is 1. The van der Waals surface area contributed by atoms with E-state index in [4.69, 9.17) is 4.74 Å². The Morgan fingerprint density at radius 1 is 1.37 bits per heavy atom. The van der Waals surface area contributed by atoms with Gasteiger partial charge in [-0.25, -0.2) is 0 Å². The van der Waals surface area contributed by atoms with E-state index in [2.05, 4.69) is 25.9 Å². The molecule has 3 heterocycles. The minimum Gasteiger partial charge on any atom is -0.384 e. The maximum atomic E-state index is 12.6. The van der Waals surface area contributed by atoms with Gasteiger partial charge in [0, 0.05) is 37.4 Å². The molecule has 1 saturated heterocycles. The molecular weight excluding hydrogens is 368 g/mol. The van der Waals surface area contributed by atoms with Gasteiger partial charge >= 0.3 is 0 Å². The minimum atomic E-state index is -0.142. The summed E-state index contributed by atoms with van der Waals surface area (Å²) < 4.78 is 7.23. The van der Waals surface area contributed by atoms with Gasteiger partial charge in [0.2, 0.25) is 0 Å². The Balaban J connectivity index is 0.00000261. The summed E-state index contributed by atoms with van der Waals surface area (Å²) in [5, 5.41) is 18.0. The normalized spacial score (nSPS) is 16.0. The fourth-order valence-corrected chi connectivity index (χ4v) is 3.71. The molecule has 2 aromatic heterocycles. The van der Waals surface area contributed by atoms with Crippen LogP contribution in [-0.2, 0) is 11.8 Å². The number of hydrogen-bond donors (Lipinski definition) is 3. The number of hydrogen-bond acceptors (Lipinski definition) is 5. The monoisotopic (exact) mass is 396 g/mol. The second kappa shape index (κ2) is 8.86. The van der Waals surface area contributed by atoms with E-state index in [0.29, 0.717) is 18.8 Å². The van der Waals surface area contributed by atoms with Gasteiger partial charge in [-0.15, -0.1) is 12.4 Å². The van der Waals surface area contributed by atoms with Crippen LogP contribution < -0.4 is 10.6 Å². The van der Waals surface area contributed by atoms with Crippen LogP contribution in [0.15, 0.2) is 6.07 Å². The minimum absolute atomic E-state index is 0. The SMILES string of the molecule is COCC1(CNC(=O)c2cc(-c3c(C)nn(C)c3C)n[nH]2)CCNCC1.Cl. The molecule has 1 amide bonds. The fraction of sp³-hybridized carbons (Fsp3) is 0.611. The van der Waals surface area contributed by atoms with Crippen molar-refractivity contribution in [3.05, 3.63) is 23.1 Å². The van der Waals surface area contributed by atoms with Crippen molar-refractivity contribution in [3.63, 3.8) is 0 Å². The molecule has 0 bridgehead atoms. The molecular formula is C18H29ClN6O2. The average molecular weight is 397 g/mol. The fourth-order valence-electron chi connectivity index (χ4n) is 3.71. The van der Waals surface area contributed by atoms with Crippen LogP contribution >= 0.6 is 12.4 Å². The van der Waals surface area contributed by atoms with E-state index in [9.17, 15) is 4.79 Å². The zero-order chi connectivity index (χ0) is 18.7. The number of aryl methyl sites for hydroxylation is 2. The zero-order valence-corrected chi connectivity index (χ0v) is 17.2. The molecule has 8 nitrogen and oxygen atoms in total. The Labute approximate surface area is 165 Å². The highest BCUT2D eigenvalue weighted by Gasteiger charge is 2.32. The number of nitrogens with one attached hydrogen (secondary N) is 3. The summed E-state index contributed by atoms with van der Waals surface area (Å²) >= 11 is 0. The van der Waals surface area contributed by atoms with E-state index in [1.54, 1.807) is 13.2 Å². The lowest BCUT2D eigenvalue weighted by Gasteiger charge is -2.37. The lowest BCUT2D eigenvalue weighted by molar-refractivity contribution is 0.0510. The third-order valence-electron chi connectivity index (χ3n) is 5.33. The van der Waals surface area contributed by atoms with Crippen molar-refractivity contribution >= 4 is 18.3 Å². The van der Waals surface area contributed by atoms with Gasteiger partial charge in [-0.05, 0) is 45.8 Å². The molecule has 150 valence electrons. The van der Waals surface area contributed by atoms with Crippen molar-refractivity contribution in [2.45, 2.75) is 26.7 Å². The molecule has 0 radical (unpaired) electrons. The summed E-state index contributed by atoms with van der Waals surface area (Å²) in [6.45, 7) is 7.09. The van der Waals surface area contributed by atoms with Gasteiger partial charge in [0.1, 0.15) is 5.69 Å². The van der Waals surface area contributed by atoms with E-state index in [1.165, 1.54) is 0 Å². The molecule has 0 aromatic carbocycles. The molecule has 2 aromatic rings. The van der Waals surface area contributed by atoms with Gasteiger partial charge in [0.25, 0.3) is 5.91 Å². The summed E-state index contributed by atoms with van der Waals surface area (Å²) in [6.07, 6.45) is 1.98. The van der Waals surface area contributed by atoms with Crippen LogP contribution in [0.2, 0.25) is 0 Å². The maximum Gasteiger partial charge on any atom is 0.269 e. The van der Waals surface area contributed by atoms with Crippen LogP contribution in [0, 0.1) is 19.3 Å². The molecule has 9 heteroatoms. The summed E-state index contributed by atoms with van der Waals surface area (Å²) in [4.78, 5) is 12.6. The Morgan fingerprint density at radius 3 is 2.67 bits per heavy atom. The predicted octanol–water partition coefficient (Wildman–Crippen LogP) is 1.59. The lowest BCUT2D eigenvalue weighted by atomic mass is 9.79. The first-order valence-corrected chi connectivity index (χ1v) is 8.99. The Morgan fingerprint density at radius 2 is 2.07 bits per heavy atom. The van der Waals surface area contributed by atoms with Crippen molar-refractivity contribution in [1.29, 1.82) is 0 Å². The molecule has 0 aliphatic carbocycles.